The van der Waals surface area contributed by atoms with Crippen LogP contribution in [0.25, 0.3) is 0 Å². The van der Waals surface area contributed by atoms with Crippen molar-refractivity contribution >= 4 is 58.5 Å². The van der Waals surface area contributed by atoms with E-state index in [-0.39, 0.29) is 31.8 Å². The molecule has 218 valence electrons. The van der Waals surface area contributed by atoms with Crippen molar-refractivity contribution in [2.24, 2.45) is 0 Å². The highest BCUT2D eigenvalue weighted by atomic mass is 35.5. The van der Waals surface area contributed by atoms with Crippen LogP contribution in [-0.4, -0.2) is 48.9 Å². The second kappa shape index (κ2) is 17.4. The van der Waals surface area contributed by atoms with Crippen molar-refractivity contribution in [3.05, 3.63) is 95.0 Å². The highest BCUT2D eigenvalue weighted by Gasteiger charge is 2.25. The number of carbonyl (C=O) groups excluding carboxylic acids is 3. The van der Waals surface area contributed by atoms with Crippen LogP contribution in [-0.2, 0) is 32.3 Å². The molecule has 8 nitrogen and oxygen atoms in total. The van der Waals surface area contributed by atoms with Gasteiger partial charge in [0.15, 0.2) is 0 Å². The van der Waals surface area contributed by atoms with E-state index in [9.17, 15) is 14.4 Å². The zero-order chi connectivity index (χ0) is 29.5. The van der Waals surface area contributed by atoms with Gasteiger partial charge in [-0.3, -0.25) is 4.79 Å². The molecule has 0 radical (unpaired) electrons. The minimum absolute atomic E-state index is 0.00350. The van der Waals surface area contributed by atoms with Gasteiger partial charge in [0.2, 0.25) is 0 Å². The van der Waals surface area contributed by atoms with E-state index in [0.717, 1.165) is 11.1 Å². The van der Waals surface area contributed by atoms with Gasteiger partial charge < -0.3 is 24.4 Å². The molecule has 0 fully saturated rings. The first kappa shape index (κ1) is 32.1. The molecule has 1 N–H and O–H groups in total. The molecular formula is C30H31Cl3N2O6. The fourth-order valence-electron chi connectivity index (χ4n) is 3.79. The molecule has 0 aliphatic rings. The van der Waals surface area contributed by atoms with E-state index < -0.39 is 24.1 Å². The summed E-state index contributed by atoms with van der Waals surface area (Å²) in [5, 5.41) is 2.83. The maximum atomic E-state index is 12.9. The van der Waals surface area contributed by atoms with Crippen molar-refractivity contribution in [2.45, 2.75) is 32.1 Å². The highest BCUT2D eigenvalue weighted by Crippen LogP contribution is 2.30. The predicted molar refractivity (Wildman–Crippen MR) is 160 cm³/mol. The molecule has 0 saturated heterocycles. The number of ether oxygens (including phenoxy) is 3. The molecule has 3 rings (SSSR count). The predicted octanol–water partition coefficient (Wildman–Crippen LogP) is 6.35. The fourth-order valence-corrected chi connectivity index (χ4v) is 4.49. The van der Waals surface area contributed by atoms with Gasteiger partial charge in [-0.1, -0.05) is 72.3 Å². The Morgan fingerprint density at radius 2 is 1.39 bits per heavy atom. The lowest BCUT2D eigenvalue weighted by Crippen LogP contribution is -2.43. The summed E-state index contributed by atoms with van der Waals surface area (Å²) in [5.74, 6) is -0.310. The number of halogens is 3. The normalized spacial score (nSPS) is 11.3. The maximum absolute atomic E-state index is 12.9. The van der Waals surface area contributed by atoms with E-state index in [1.165, 1.54) is 6.07 Å². The third kappa shape index (κ3) is 11.1. The average molecular weight is 622 g/mol. The monoisotopic (exact) mass is 620 g/mol. The largest absolute Gasteiger partial charge is 0.461 e. The Labute approximate surface area is 254 Å². The number of hydrogen-bond donors (Lipinski definition) is 1. The summed E-state index contributed by atoms with van der Waals surface area (Å²) in [7, 11) is 0. The van der Waals surface area contributed by atoms with Crippen LogP contribution in [0, 0.1) is 0 Å². The van der Waals surface area contributed by atoms with Crippen molar-refractivity contribution < 1.29 is 28.6 Å². The van der Waals surface area contributed by atoms with Crippen molar-refractivity contribution in [2.75, 3.05) is 29.7 Å². The van der Waals surface area contributed by atoms with Gasteiger partial charge in [-0.05, 0) is 29.7 Å². The average Bonchev–Trinajstić information content (AvgIpc) is 2.98. The SMILES string of the molecule is O=C(CC[C@H](NC(=O)Oc1ccc(N(CCCl)CCCl)c(Cl)c1)C(=O)OCc1ccccc1)OCc1ccccc1. The summed E-state index contributed by atoms with van der Waals surface area (Å²) in [6.45, 7) is 1.18. The summed E-state index contributed by atoms with van der Waals surface area (Å²) in [5.41, 5.74) is 2.30. The van der Waals surface area contributed by atoms with Gasteiger partial charge in [0.05, 0.1) is 10.7 Å². The van der Waals surface area contributed by atoms with Crippen LogP contribution in [0.4, 0.5) is 10.5 Å². The van der Waals surface area contributed by atoms with Crippen molar-refractivity contribution in [3.8, 4) is 5.75 Å². The van der Waals surface area contributed by atoms with Gasteiger partial charge in [-0.2, -0.15) is 0 Å². The molecule has 3 aromatic rings. The van der Waals surface area contributed by atoms with Gasteiger partial charge in [0.25, 0.3) is 0 Å². The molecule has 3 aromatic carbocycles. The lowest BCUT2D eigenvalue weighted by molar-refractivity contribution is -0.148. The number of esters is 2. The van der Waals surface area contributed by atoms with E-state index >= 15 is 0 Å². The van der Waals surface area contributed by atoms with E-state index in [1.807, 2.05) is 53.4 Å². The third-order valence-electron chi connectivity index (χ3n) is 5.86. The second-order valence-electron chi connectivity index (χ2n) is 8.84. The lowest BCUT2D eigenvalue weighted by Gasteiger charge is -2.24. The third-order valence-corrected chi connectivity index (χ3v) is 6.50. The zero-order valence-electron chi connectivity index (χ0n) is 22.3. The molecule has 1 amide bonds. The Hall–Kier alpha value is -3.46. The molecule has 1 atom stereocenters. The van der Waals surface area contributed by atoms with E-state index in [2.05, 4.69) is 5.32 Å². The molecule has 0 heterocycles. The fraction of sp³-hybridized carbons (Fsp3) is 0.300. The minimum atomic E-state index is -1.16. The maximum Gasteiger partial charge on any atom is 0.413 e. The van der Waals surface area contributed by atoms with Crippen LogP contribution in [0.15, 0.2) is 78.9 Å². The van der Waals surface area contributed by atoms with Gasteiger partial charge in [-0.15, -0.1) is 23.2 Å². The van der Waals surface area contributed by atoms with Crippen molar-refractivity contribution in [1.82, 2.24) is 5.32 Å². The smallest absolute Gasteiger partial charge is 0.413 e. The Bertz CT molecular complexity index is 1260. The standard InChI is InChI=1S/C30H31Cl3N2O6/c31-15-17-35(18-16-32)27-13-11-24(19-25(27)33)41-30(38)34-26(29(37)40-21-23-9-5-2-6-10-23)12-14-28(36)39-20-22-7-3-1-4-8-22/h1-11,13,19,26H,12,14-18,20-21H2,(H,34,38)/t26-/m0/s1. The van der Waals surface area contributed by atoms with Crippen molar-refractivity contribution in [1.29, 1.82) is 0 Å². The molecule has 11 heteroatoms. The summed E-state index contributed by atoms with van der Waals surface area (Å²) >= 11 is 18.2. The second-order valence-corrected chi connectivity index (χ2v) is 10.0. The first-order valence-electron chi connectivity index (χ1n) is 12.9. The number of benzene rings is 3. The van der Waals surface area contributed by atoms with Crippen molar-refractivity contribution in [3.63, 3.8) is 0 Å². The summed E-state index contributed by atoms with van der Waals surface area (Å²) in [6, 6.07) is 21.9. The molecule has 0 unspecified atom stereocenters. The van der Waals surface area contributed by atoms with Crippen LogP contribution in [0.2, 0.25) is 5.02 Å². The molecule has 0 spiro atoms. The topological polar surface area (TPSA) is 94.2 Å². The Kier molecular flexibility index (Phi) is 13.6. The van der Waals surface area contributed by atoms with Gasteiger partial charge in [0, 0.05) is 37.3 Å². The number of carbonyl (C=O) groups is 3. The first-order valence-corrected chi connectivity index (χ1v) is 14.4. The summed E-state index contributed by atoms with van der Waals surface area (Å²) < 4.78 is 16.1. The first-order chi connectivity index (χ1) is 19.9. The van der Waals surface area contributed by atoms with Gasteiger partial charge in [-0.25, -0.2) is 9.59 Å². The number of hydrogen-bond acceptors (Lipinski definition) is 7. The number of nitrogens with zero attached hydrogens (tertiary/aromatic N) is 1. The van der Waals surface area contributed by atoms with Crippen LogP contribution >= 0.6 is 34.8 Å². The Balaban J connectivity index is 1.62. The van der Waals surface area contributed by atoms with E-state index in [1.54, 1.807) is 24.3 Å². The van der Waals surface area contributed by atoms with Crippen LogP contribution in [0.5, 0.6) is 5.75 Å². The number of nitrogens with one attached hydrogen (secondary N) is 1. The van der Waals surface area contributed by atoms with Crippen LogP contribution in [0.3, 0.4) is 0 Å². The molecule has 0 aromatic heterocycles. The van der Waals surface area contributed by atoms with E-state index in [4.69, 9.17) is 49.0 Å². The Morgan fingerprint density at radius 3 is 1.95 bits per heavy atom. The quantitative estimate of drug-likeness (QED) is 0.156. The molecular weight excluding hydrogens is 591 g/mol. The van der Waals surface area contributed by atoms with Gasteiger partial charge in [0.1, 0.15) is 25.0 Å². The minimum Gasteiger partial charge on any atom is -0.461 e. The number of amides is 1. The number of rotatable bonds is 15. The molecule has 41 heavy (non-hydrogen) atoms. The number of anilines is 1. The van der Waals surface area contributed by atoms with Gasteiger partial charge >= 0.3 is 18.0 Å². The molecule has 0 aliphatic carbocycles. The lowest BCUT2D eigenvalue weighted by atomic mass is 10.1. The number of alkyl halides is 2. The molecule has 0 aliphatic heterocycles. The Morgan fingerprint density at radius 1 is 0.805 bits per heavy atom. The van der Waals surface area contributed by atoms with Crippen LogP contribution < -0.4 is 15.0 Å². The summed E-state index contributed by atoms with van der Waals surface area (Å²) in [4.78, 5) is 39.9. The highest BCUT2D eigenvalue weighted by molar-refractivity contribution is 6.33. The zero-order valence-corrected chi connectivity index (χ0v) is 24.5. The van der Waals surface area contributed by atoms with Crippen LogP contribution in [0.1, 0.15) is 24.0 Å². The summed E-state index contributed by atoms with van der Waals surface area (Å²) in [6.07, 6.45) is -1.09. The molecule has 0 bridgehead atoms. The van der Waals surface area contributed by atoms with E-state index in [0.29, 0.717) is 35.6 Å². The molecule has 0 saturated carbocycles.